The Morgan fingerprint density at radius 2 is 1.90 bits per heavy atom. The second kappa shape index (κ2) is 10.6. The van der Waals surface area contributed by atoms with Crippen molar-refractivity contribution in [3.63, 3.8) is 0 Å². The Balaban J connectivity index is 1.65. The Bertz CT molecular complexity index is 932. The minimum Gasteiger partial charge on any atom is -0.376 e. The maximum atomic E-state index is 13.1. The highest BCUT2D eigenvalue weighted by molar-refractivity contribution is 5.95. The summed E-state index contributed by atoms with van der Waals surface area (Å²) < 4.78 is 5.74. The van der Waals surface area contributed by atoms with E-state index in [0.717, 1.165) is 36.3 Å². The monoisotopic (exact) mass is 422 g/mol. The summed E-state index contributed by atoms with van der Waals surface area (Å²) in [7, 11) is 0. The van der Waals surface area contributed by atoms with E-state index in [2.05, 4.69) is 37.4 Å². The molecule has 5 nitrogen and oxygen atoms in total. The average Bonchev–Trinajstić information content (AvgIpc) is 3.23. The van der Waals surface area contributed by atoms with Crippen LogP contribution in [0.1, 0.15) is 47.1 Å². The van der Waals surface area contributed by atoms with E-state index in [4.69, 9.17) is 4.74 Å². The van der Waals surface area contributed by atoms with E-state index >= 15 is 0 Å². The highest BCUT2D eigenvalue weighted by Gasteiger charge is 2.24. The molecule has 1 fully saturated rings. The van der Waals surface area contributed by atoms with Crippen molar-refractivity contribution in [2.75, 3.05) is 25.0 Å². The van der Waals surface area contributed by atoms with Gasteiger partial charge in [0, 0.05) is 25.3 Å². The normalized spacial score (nSPS) is 15.7. The number of nitrogens with zero attached hydrogens (tertiary/aromatic N) is 1. The predicted molar refractivity (Wildman–Crippen MR) is 124 cm³/mol. The summed E-state index contributed by atoms with van der Waals surface area (Å²) in [5.41, 5.74) is 6.56. The largest absolute Gasteiger partial charge is 0.376 e. The topological polar surface area (TPSA) is 58.6 Å². The van der Waals surface area contributed by atoms with Crippen LogP contribution in [-0.4, -0.2) is 42.5 Å². The fourth-order valence-electron chi connectivity index (χ4n) is 4.06. The Morgan fingerprint density at radius 3 is 2.61 bits per heavy atom. The maximum Gasteiger partial charge on any atom is 0.244 e. The molecule has 0 aromatic heterocycles. The highest BCUT2D eigenvalue weighted by Crippen LogP contribution is 2.19. The third-order valence-electron chi connectivity index (χ3n) is 6.12. The number of benzene rings is 2. The predicted octanol–water partition coefficient (Wildman–Crippen LogP) is 4.50. The maximum absolute atomic E-state index is 13.1. The number of anilines is 1. The smallest absolute Gasteiger partial charge is 0.244 e. The molecule has 3 rings (SSSR count). The molecule has 0 bridgehead atoms. The van der Waals surface area contributed by atoms with Crippen LogP contribution in [0.2, 0.25) is 0 Å². The van der Waals surface area contributed by atoms with Crippen molar-refractivity contribution >= 4 is 17.5 Å². The minimum absolute atomic E-state index is 0.00779. The lowest BCUT2D eigenvalue weighted by atomic mass is 10.0. The standard InChI is InChI=1S/C26H34N2O3/c1-18-10-11-22(20(3)15-18)12-13-26(30)28(16-23-8-6-14-31-23)17-25(29)27-24-9-5-7-19(2)21(24)4/h5,7,9-11,15,23H,6,8,12-14,16-17H2,1-4H3,(H,27,29). The first kappa shape index (κ1) is 23.0. The van der Waals surface area contributed by atoms with Crippen molar-refractivity contribution < 1.29 is 14.3 Å². The summed E-state index contributed by atoms with van der Waals surface area (Å²) in [6, 6.07) is 12.2. The second-order valence-electron chi connectivity index (χ2n) is 8.63. The van der Waals surface area contributed by atoms with Gasteiger partial charge in [0.2, 0.25) is 11.8 Å². The molecular formula is C26H34N2O3. The van der Waals surface area contributed by atoms with Crippen LogP contribution >= 0.6 is 0 Å². The molecule has 1 atom stereocenters. The molecule has 1 N–H and O–H groups in total. The molecule has 0 saturated carbocycles. The van der Waals surface area contributed by atoms with E-state index < -0.39 is 0 Å². The Hall–Kier alpha value is -2.66. The molecule has 31 heavy (non-hydrogen) atoms. The number of amides is 2. The lowest BCUT2D eigenvalue weighted by Gasteiger charge is -2.25. The van der Waals surface area contributed by atoms with Gasteiger partial charge in [-0.15, -0.1) is 0 Å². The highest BCUT2D eigenvalue weighted by atomic mass is 16.5. The average molecular weight is 423 g/mol. The number of aryl methyl sites for hydroxylation is 4. The summed E-state index contributed by atoms with van der Waals surface area (Å²) in [6.07, 6.45) is 3.00. The fourth-order valence-corrected chi connectivity index (χ4v) is 4.06. The van der Waals surface area contributed by atoms with Gasteiger partial charge in [0.05, 0.1) is 12.6 Å². The number of carbonyl (C=O) groups excluding carboxylic acids is 2. The van der Waals surface area contributed by atoms with Gasteiger partial charge in [0.15, 0.2) is 0 Å². The van der Waals surface area contributed by atoms with E-state index in [0.29, 0.717) is 19.4 Å². The van der Waals surface area contributed by atoms with E-state index in [1.807, 2.05) is 32.0 Å². The zero-order valence-electron chi connectivity index (χ0n) is 19.2. The van der Waals surface area contributed by atoms with Gasteiger partial charge in [-0.1, -0.05) is 35.9 Å². The molecule has 1 unspecified atom stereocenters. The summed E-state index contributed by atoms with van der Waals surface area (Å²) in [6.45, 7) is 9.39. The molecule has 5 heteroatoms. The van der Waals surface area contributed by atoms with Crippen molar-refractivity contribution in [3.05, 3.63) is 64.2 Å². The van der Waals surface area contributed by atoms with Crippen molar-refractivity contribution in [3.8, 4) is 0 Å². The molecule has 0 radical (unpaired) electrons. The summed E-state index contributed by atoms with van der Waals surface area (Å²) in [5.74, 6) is -0.182. The van der Waals surface area contributed by atoms with Crippen molar-refractivity contribution in [1.29, 1.82) is 0 Å². The van der Waals surface area contributed by atoms with Gasteiger partial charge in [-0.2, -0.15) is 0 Å². The van der Waals surface area contributed by atoms with Crippen LogP contribution in [-0.2, 0) is 20.7 Å². The van der Waals surface area contributed by atoms with Crippen LogP contribution < -0.4 is 5.32 Å². The molecule has 1 saturated heterocycles. The zero-order chi connectivity index (χ0) is 22.4. The van der Waals surface area contributed by atoms with E-state index in [9.17, 15) is 9.59 Å². The molecule has 2 aromatic carbocycles. The van der Waals surface area contributed by atoms with Gasteiger partial charge in [-0.25, -0.2) is 0 Å². The summed E-state index contributed by atoms with van der Waals surface area (Å²) in [4.78, 5) is 27.5. The van der Waals surface area contributed by atoms with Crippen molar-refractivity contribution in [2.45, 2.75) is 59.5 Å². The van der Waals surface area contributed by atoms with Gasteiger partial charge in [0.25, 0.3) is 0 Å². The van der Waals surface area contributed by atoms with Crippen LogP contribution in [0.4, 0.5) is 5.69 Å². The third kappa shape index (κ3) is 6.41. The Labute approximate surface area is 185 Å². The number of rotatable bonds is 8. The molecule has 166 valence electrons. The minimum atomic E-state index is -0.174. The molecule has 2 amide bonds. The Morgan fingerprint density at radius 1 is 1.10 bits per heavy atom. The number of nitrogens with one attached hydrogen (secondary N) is 1. The first-order valence-corrected chi connectivity index (χ1v) is 11.1. The summed E-state index contributed by atoms with van der Waals surface area (Å²) in [5, 5.41) is 2.98. The van der Waals surface area contributed by atoms with Crippen LogP contribution in [0.25, 0.3) is 0 Å². The molecule has 0 aliphatic carbocycles. The van der Waals surface area contributed by atoms with E-state index in [-0.39, 0.29) is 24.5 Å². The lowest BCUT2D eigenvalue weighted by molar-refractivity contribution is -0.136. The molecule has 1 aliphatic rings. The molecule has 0 spiro atoms. The van der Waals surface area contributed by atoms with Crippen LogP contribution in [0.5, 0.6) is 0 Å². The number of ether oxygens (including phenoxy) is 1. The quantitative estimate of drug-likeness (QED) is 0.681. The van der Waals surface area contributed by atoms with Gasteiger partial charge in [-0.05, 0) is 75.3 Å². The number of carbonyl (C=O) groups is 2. The first-order valence-electron chi connectivity index (χ1n) is 11.1. The van der Waals surface area contributed by atoms with Gasteiger partial charge in [-0.3, -0.25) is 9.59 Å². The third-order valence-corrected chi connectivity index (χ3v) is 6.12. The van der Waals surface area contributed by atoms with Gasteiger partial charge < -0.3 is 15.0 Å². The molecule has 1 aliphatic heterocycles. The van der Waals surface area contributed by atoms with Crippen LogP contribution in [0, 0.1) is 27.7 Å². The molecule has 1 heterocycles. The number of hydrogen-bond acceptors (Lipinski definition) is 3. The second-order valence-corrected chi connectivity index (χ2v) is 8.63. The van der Waals surface area contributed by atoms with Crippen LogP contribution in [0.15, 0.2) is 36.4 Å². The molecule has 2 aromatic rings. The molecular weight excluding hydrogens is 388 g/mol. The number of hydrogen-bond donors (Lipinski definition) is 1. The fraction of sp³-hybridized carbons (Fsp3) is 0.462. The van der Waals surface area contributed by atoms with Gasteiger partial charge >= 0.3 is 0 Å². The van der Waals surface area contributed by atoms with E-state index in [1.165, 1.54) is 16.7 Å². The first-order chi connectivity index (χ1) is 14.8. The van der Waals surface area contributed by atoms with Crippen molar-refractivity contribution in [2.24, 2.45) is 0 Å². The lowest BCUT2D eigenvalue weighted by Crippen LogP contribution is -2.42. The van der Waals surface area contributed by atoms with Gasteiger partial charge in [0.1, 0.15) is 0 Å². The van der Waals surface area contributed by atoms with E-state index in [1.54, 1.807) is 4.90 Å². The Kier molecular flexibility index (Phi) is 7.85. The summed E-state index contributed by atoms with van der Waals surface area (Å²) >= 11 is 0. The van der Waals surface area contributed by atoms with Crippen LogP contribution in [0.3, 0.4) is 0 Å². The SMILES string of the molecule is Cc1ccc(CCC(=O)N(CC(=O)Nc2cccc(C)c2C)CC2CCCO2)c(C)c1. The van der Waals surface area contributed by atoms with Crippen molar-refractivity contribution in [1.82, 2.24) is 4.90 Å². The zero-order valence-corrected chi connectivity index (χ0v) is 19.2.